The van der Waals surface area contributed by atoms with Gasteiger partial charge in [-0.2, -0.15) is 31.6 Å². The molecule has 0 spiro atoms. The predicted molar refractivity (Wildman–Crippen MR) is 99.4 cm³/mol. The third kappa shape index (κ3) is 12.2. The molecule has 0 unspecified atom stereocenters. The summed E-state index contributed by atoms with van der Waals surface area (Å²) in [4.78, 5) is 7.29. The molecule has 0 amide bonds. The monoisotopic (exact) mass is 380 g/mol. The maximum Gasteiger partial charge on any atom is 0.0874 e. The Kier molecular flexibility index (Phi) is 15.2. The van der Waals surface area contributed by atoms with E-state index in [1.54, 1.807) is 14.7 Å². The van der Waals surface area contributed by atoms with E-state index >= 15 is 0 Å². The zero-order valence-corrected chi connectivity index (χ0v) is 16.0. The fourth-order valence-corrected chi connectivity index (χ4v) is 2.43. The van der Waals surface area contributed by atoms with Crippen molar-refractivity contribution in [3.63, 3.8) is 0 Å². The zero-order valence-electron chi connectivity index (χ0n) is 16.0. The summed E-state index contributed by atoms with van der Waals surface area (Å²) in [7, 11) is 0. The van der Waals surface area contributed by atoms with Crippen molar-refractivity contribution in [2.45, 2.75) is 0 Å². The highest BCUT2D eigenvalue weighted by molar-refractivity contribution is 4.87. The number of nitriles is 6. The van der Waals surface area contributed by atoms with Gasteiger partial charge in [-0.15, -0.1) is 0 Å². The van der Waals surface area contributed by atoms with Gasteiger partial charge in [0.15, 0.2) is 0 Å². The van der Waals surface area contributed by atoms with Crippen molar-refractivity contribution in [3.8, 4) is 36.4 Å². The highest BCUT2D eigenvalue weighted by Crippen LogP contribution is 1.97. The first kappa shape index (κ1) is 24.8. The minimum atomic E-state index is 0.158. The Morgan fingerprint density at radius 3 is 0.679 bits per heavy atom. The molecule has 0 aromatic rings. The third-order valence-corrected chi connectivity index (χ3v) is 3.96. The molecule has 0 aromatic heterocycles. The summed E-state index contributed by atoms with van der Waals surface area (Å²) in [6, 6.07) is 12.2. The maximum atomic E-state index is 8.87. The molecule has 0 N–H and O–H groups in total. The van der Waals surface area contributed by atoms with Crippen molar-refractivity contribution in [2.24, 2.45) is 0 Å². The van der Waals surface area contributed by atoms with Crippen molar-refractivity contribution in [3.05, 3.63) is 0 Å². The molecule has 0 saturated heterocycles. The molecule has 10 nitrogen and oxygen atoms in total. The molecule has 0 aliphatic heterocycles. The Morgan fingerprint density at radius 2 is 0.500 bits per heavy atom. The van der Waals surface area contributed by atoms with Crippen molar-refractivity contribution < 1.29 is 0 Å². The lowest BCUT2D eigenvalue weighted by atomic mass is 10.3. The molecule has 0 saturated carbocycles. The van der Waals surface area contributed by atoms with Crippen LogP contribution in [-0.2, 0) is 0 Å². The van der Waals surface area contributed by atoms with Gasteiger partial charge in [0.2, 0.25) is 0 Å². The van der Waals surface area contributed by atoms with Gasteiger partial charge in [-0.1, -0.05) is 0 Å². The second-order valence-corrected chi connectivity index (χ2v) is 5.92. The molecule has 0 rings (SSSR count). The molecular formula is C18H24N10. The number of nitrogens with zero attached hydrogens (tertiary/aromatic N) is 10. The number of hydrogen-bond acceptors (Lipinski definition) is 10. The highest BCUT2D eigenvalue weighted by Gasteiger charge is 2.13. The highest BCUT2D eigenvalue weighted by atomic mass is 15.2. The quantitative estimate of drug-likeness (QED) is 0.334. The van der Waals surface area contributed by atoms with Gasteiger partial charge in [-0.25, -0.2) is 0 Å². The first-order chi connectivity index (χ1) is 13.6. The molecular weight excluding hydrogens is 356 g/mol. The summed E-state index contributed by atoms with van der Waals surface area (Å²) in [6.07, 6.45) is 0. The molecule has 10 heteroatoms. The van der Waals surface area contributed by atoms with Crippen LogP contribution in [0.25, 0.3) is 0 Å². The molecule has 0 bridgehead atoms. The smallest absolute Gasteiger partial charge is 0.0874 e. The van der Waals surface area contributed by atoms with Gasteiger partial charge in [-0.3, -0.25) is 19.6 Å². The minimum Gasteiger partial charge on any atom is -0.300 e. The van der Waals surface area contributed by atoms with Gasteiger partial charge < -0.3 is 0 Å². The Balaban J connectivity index is 4.89. The van der Waals surface area contributed by atoms with Crippen LogP contribution >= 0.6 is 0 Å². The molecule has 0 aromatic carbocycles. The van der Waals surface area contributed by atoms with Crippen LogP contribution in [0.5, 0.6) is 0 Å². The predicted octanol–water partition coefficient (Wildman–Crippen LogP) is -0.664. The molecule has 146 valence electrons. The maximum absolute atomic E-state index is 8.87. The van der Waals surface area contributed by atoms with E-state index in [0.29, 0.717) is 39.3 Å². The van der Waals surface area contributed by atoms with Crippen LogP contribution in [0.2, 0.25) is 0 Å². The molecule has 0 atom stereocenters. The summed E-state index contributed by atoms with van der Waals surface area (Å²) in [5.41, 5.74) is 0. The van der Waals surface area contributed by atoms with E-state index in [4.69, 9.17) is 31.6 Å². The molecule has 0 fully saturated rings. The number of hydrogen-bond donors (Lipinski definition) is 0. The van der Waals surface area contributed by atoms with Crippen molar-refractivity contribution >= 4 is 0 Å². The summed E-state index contributed by atoms with van der Waals surface area (Å²) in [5, 5.41) is 53.2. The van der Waals surface area contributed by atoms with E-state index in [-0.39, 0.29) is 39.3 Å². The van der Waals surface area contributed by atoms with E-state index in [1.807, 2.05) is 36.4 Å². The van der Waals surface area contributed by atoms with Crippen LogP contribution in [0.1, 0.15) is 0 Å². The van der Waals surface area contributed by atoms with Gasteiger partial charge in [-0.05, 0) is 0 Å². The minimum absolute atomic E-state index is 0.158. The molecule has 0 radical (unpaired) electrons. The molecule has 0 aliphatic carbocycles. The standard InChI is InChI=1S/C18H24N10/c19-1-7-25(8-2-20)13-16-28(17-14-26(9-3-21)10-4-22)18-15-27(11-5-23)12-6-24/h7-18H2. The van der Waals surface area contributed by atoms with Crippen LogP contribution in [0.15, 0.2) is 0 Å². The Bertz CT molecular complexity index is 535. The van der Waals surface area contributed by atoms with Crippen LogP contribution < -0.4 is 0 Å². The van der Waals surface area contributed by atoms with Gasteiger partial charge in [0, 0.05) is 39.3 Å². The lowest BCUT2D eigenvalue weighted by Gasteiger charge is -2.29. The van der Waals surface area contributed by atoms with Gasteiger partial charge >= 0.3 is 0 Å². The van der Waals surface area contributed by atoms with E-state index < -0.39 is 0 Å². The third-order valence-electron chi connectivity index (χ3n) is 3.96. The van der Waals surface area contributed by atoms with Crippen LogP contribution in [0.3, 0.4) is 0 Å². The lowest BCUT2D eigenvalue weighted by molar-refractivity contribution is 0.180. The summed E-state index contributed by atoms with van der Waals surface area (Å²) in [5.74, 6) is 0. The van der Waals surface area contributed by atoms with E-state index in [2.05, 4.69) is 4.90 Å². The SMILES string of the molecule is N#CCN(CC#N)CCN(CCN(CC#N)CC#N)CCN(CC#N)CC#N. The first-order valence-corrected chi connectivity index (χ1v) is 8.76. The van der Waals surface area contributed by atoms with Gasteiger partial charge in [0.1, 0.15) is 0 Å². The van der Waals surface area contributed by atoms with E-state index in [0.717, 1.165) is 0 Å². The second kappa shape index (κ2) is 17.2. The average Bonchev–Trinajstić information content (AvgIpc) is 2.68. The Labute approximate surface area is 166 Å². The fraction of sp³-hybridized carbons (Fsp3) is 0.667. The van der Waals surface area contributed by atoms with E-state index in [1.165, 1.54) is 0 Å². The number of rotatable bonds is 15. The zero-order chi connectivity index (χ0) is 21.0. The van der Waals surface area contributed by atoms with E-state index in [9.17, 15) is 0 Å². The molecule has 0 heterocycles. The van der Waals surface area contributed by atoms with Crippen LogP contribution in [0, 0.1) is 68.0 Å². The Hall–Kier alpha value is -3.22. The summed E-state index contributed by atoms with van der Waals surface area (Å²) in [6.45, 7) is 4.27. The van der Waals surface area contributed by atoms with Crippen molar-refractivity contribution in [2.75, 3.05) is 78.5 Å². The summed E-state index contributed by atoms with van der Waals surface area (Å²) >= 11 is 0. The van der Waals surface area contributed by atoms with Crippen LogP contribution in [-0.4, -0.2) is 98.1 Å². The second-order valence-electron chi connectivity index (χ2n) is 5.92. The summed E-state index contributed by atoms with van der Waals surface area (Å²) < 4.78 is 0. The Morgan fingerprint density at radius 1 is 0.321 bits per heavy atom. The normalized spacial score (nSPS) is 10.1. The lowest BCUT2D eigenvalue weighted by Crippen LogP contribution is -2.43. The fourth-order valence-electron chi connectivity index (χ4n) is 2.43. The van der Waals surface area contributed by atoms with Crippen LogP contribution in [0.4, 0.5) is 0 Å². The molecule has 28 heavy (non-hydrogen) atoms. The topological polar surface area (TPSA) is 156 Å². The largest absolute Gasteiger partial charge is 0.300 e. The molecule has 0 aliphatic rings. The van der Waals surface area contributed by atoms with Crippen molar-refractivity contribution in [1.82, 2.24) is 19.6 Å². The first-order valence-electron chi connectivity index (χ1n) is 8.76. The van der Waals surface area contributed by atoms with Gasteiger partial charge in [0.05, 0.1) is 75.7 Å². The van der Waals surface area contributed by atoms with Gasteiger partial charge in [0.25, 0.3) is 0 Å². The average molecular weight is 380 g/mol. The van der Waals surface area contributed by atoms with Crippen molar-refractivity contribution in [1.29, 1.82) is 31.6 Å².